The van der Waals surface area contributed by atoms with Crippen LogP contribution in [0.1, 0.15) is 25.3 Å². The first-order valence-corrected chi connectivity index (χ1v) is 6.56. The fraction of sp³-hybridized carbons (Fsp3) is 0.462. The second kappa shape index (κ2) is 5.52. The maximum Gasteiger partial charge on any atom is 0.181 e. The number of hydrogen-bond donors (Lipinski definition) is 1. The molecule has 3 nitrogen and oxygen atoms in total. The molecule has 0 amide bonds. The van der Waals surface area contributed by atoms with Crippen molar-refractivity contribution >= 4 is 15.9 Å². The third kappa shape index (κ3) is 3.72. The lowest BCUT2D eigenvalue weighted by molar-refractivity contribution is 0.273. The summed E-state index contributed by atoms with van der Waals surface area (Å²) in [6, 6.07) is 8.61. The molecule has 4 heteroatoms. The molecule has 1 aliphatic rings. The molecule has 0 spiro atoms. The molecular weight excluding hydrogens is 280 g/mol. The Kier molecular flexibility index (Phi) is 4.03. The highest BCUT2D eigenvalue weighted by Gasteiger charge is 2.20. The molecule has 0 aromatic heterocycles. The molecule has 0 aliphatic heterocycles. The lowest BCUT2D eigenvalue weighted by Gasteiger charge is -2.13. The van der Waals surface area contributed by atoms with E-state index < -0.39 is 6.10 Å². The highest BCUT2D eigenvalue weighted by Crippen LogP contribution is 2.26. The SMILES string of the molecule is CC(C#N)Oc1ccc(Br)cc1CNC1CC1. The summed E-state index contributed by atoms with van der Waals surface area (Å²) in [7, 11) is 0. The zero-order valence-electron chi connectivity index (χ0n) is 9.74. The summed E-state index contributed by atoms with van der Waals surface area (Å²) in [5.41, 5.74) is 1.09. The van der Waals surface area contributed by atoms with Gasteiger partial charge < -0.3 is 10.1 Å². The van der Waals surface area contributed by atoms with Gasteiger partial charge in [-0.15, -0.1) is 0 Å². The maximum absolute atomic E-state index is 8.77. The Morgan fingerprint density at radius 3 is 3.00 bits per heavy atom. The largest absolute Gasteiger partial charge is 0.476 e. The Morgan fingerprint density at radius 1 is 1.59 bits per heavy atom. The van der Waals surface area contributed by atoms with E-state index in [4.69, 9.17) is 10.00 Å². The fourth-order valence-electron chi connectivity index (χ4n) is 1.56. The molecule has 1 N–H and O–H groups in total. The third-order valence-electron chi connectivity index (χ3n) is 2.67. The zero-order chi connectivity index (χ0) is 12.3. The molecule has 0 radical (unpaired) electrons. The van der Waals surface area contributed by atoms with E-state index in [0.29, 0.717) is 6.04 Å². The summed E-state index contributed by atoms with van der Waals surface area (Å²) in [4.78, 5) is 0. The standard InChI is InChI=1S/C13H15BrN2O/c1-9(7-15)17-13-5-2-11(14)6-10(13)8-16-12-3-4-12/h2,5-6,9,12,16H,3-4,8H2,1H3. The minimum absolute atomic E-state index is 0.421. The number of halogens is 1. The molecule has 1 aromatic rings. The van der Waals surface area contributed by atoms with Crippen LogP contribution in [0.5, 0.6) is 5.75 Å². The number of ether oxygens (including phenoxy) is 1. The first-order valence-electron chi connectivity index (χ1n) is 5.77. The monoisotopic (exact) mass is 294 g/mol. The van der Waals surface area contributed by atoms with Crippen molar-refractivity contribution in [2.45, 2.75) is 38.5 Å². The predicted octanol–water partition coefficient (Wildman–Crippen LogP) is 2.99. The summed E-state index contributed by atoms with van der Waals surface area (Å²) in [5, 5.41) is 12.2. The van der Waals surface area contributed by atoms with Crippen LogP contribution in [0.4, 0.5) is 0 Å². The van der Waals surface area contributed by atoms with Crippen molar-refractivity contribution in [1.82, 2.24) is 5.32 Å². The van der Waals surface area contributed by atoms with Crippen LogP contribution in [0.25, 0.3) is 0 Å². The van der Waals surface area contributed by atoms with Crippen molar-refractivity contribution in [2.24, 2.45) is 0 Å². The summed E-state index contributed by atoms with van der Waals surface area (Å²) in [5.74, 6) is 0.787. The molecular formula is C13H15BrN2O. The van der Waals surface area contributed by atoms with Crippen LogP contribution in [0.15, 0.2) is 22.7 Å². The van der Waals surface area contributed by atoms with Gasteiger partial charge in [-0.1, -0.05) is 15.9 Å². The first-order chi connectivity index (χ1) is 8.19. The van der Waals surface area contributed by atoms with Gasteiger partial charge in [0.05, 0.1) is 0 Å². The van der Waals surface area contributed by atoms with Crippen molar-refractivity contribution in [3.05, 3.63) is 28.2 Å². The highest BCUT2D eigenvalue weighted by molar-refractivity contribution is 9.10. The van der Waals surface area contributed by atoms with E-state index in [1.807, 2.05) is 18.2 Å². The van der Waals surface area contributed by atoms with Gasteiger partial charge in [0, 0.05) is 22.6 Å². The Hall–Kier alpha value is -1.05. The third-order valence-corrected chi connectivity index (χ3v) is 3.16. The molecule has 0 heterocycles. The number of nitrogens with one attached hydrogen (secondary N) is 1. The lowest BCUT2D eigenvalue weighted by Crippen LogP contribution is -2.17. The average Bonchev–Trinajstić information content (AvgIpc) is 3.13. The van der Waals surface area contributed by atoms with E-state index in [-0.39, 0.29) is 0 Å². The number of nitriles is 1. The Bertz CT molecular complexity index is 438. The molecule has 1 aliphatic carbocycles. The molecule has 0 saturated heterocycles. The van der Waals surface area contributed by atoms with Gasteiger partial charge in [-0.3, -0.25) is 0 Å². The van der Waals surface area contributed by atoms with Gasteiger partial charge in [0.2, 0.25) is 0 Å². The summed E-state index contributed by atoms with van der Waals surface area (Å²) >= 11 is 3.45. The van der Waals surface area contributed by atoms with E-state index in [0.717, 1.165) is 22.3 Å². The van der Waals surface area contributed by atoms with Crippen LogP contribution in [-0.4, -0.2) is 12.1 Å². The van der Waals surface area contributed by atoms with Crippen molar-refractivity contribution in [1.29, 1.82) is 5.26 Å². The first kappa shape index (κ1) is 12.4. The Labute approximate surface area is 110 Å². The van der Waals surface area contributed by atoms with Gasteiger partial charge in [-0.05, 0) is 38.0 Å². The molecule has 1 fully saturated rings. The molecule has 1 unspecified atom stereocenters. The molecule has 0 bridgehead atoms. The Balaban J connectivity index is 2.08. The molecule has 90 valence electrons. The number of hydrogen-bond acceptors (Lipinski definition) is 3. The van der Waals surface area contributed by atoms with E-state index in [2.05, 4.69) is 27.3 Å². The van der Waals surface area contributed by atoms with Crippen molar-refractivity contribution in [3.8, 4) is 11.8 Å². The van der Waals surface area contributed by atoms with Crippen molar-refractivity contribution < 1.29 is 4.74 Å². The van der Waals surface area contributed by atoms with Crippen LogP contribution in [-0.2, 0) is 6.54 Å². The van der Waals surface area contributed by atoms with Crippen molar-refractivity contribution in [2.75, 3.05) is 0 Å². The van der Waals surface area contributed by atoms with Crippen LogP contribution < -0.4 is 10.1 Å². The topological polar surface area (TPSA) is 45.0 Å². The van der Waals surface area contributed by atoms with Gasteiger partial charge in [0.15, 0.2) is 6.10 Å². The van der Waals surface area contributed by atoms with Gasteiger partial charge in [0.1, 0.15) is 11.8 Å². The molecule has 1 aromatic carbocycles. The van der Waals surface area contributed by atoms with E-state index >= 15 is 0 Å². The summed E-state index contributed by atoms with van der Waals surface area (Å²) < 4.78 is 6.61. The number of benzene rings is 1. The molecule has 1 atom stereocenters. The number of rotatable bonds is 5. The number of nitrogens with zero attached hydrogens (tertiary/aromatic N) is 1. The lowest BCUT2D eigenvalue weighted by atomic mass is 10.2. The van der Waals surface area contributed by atoms with Crippen LogP contribution in [0, 0.1) is 11.3 Å². The normalized spacial score (nSPS) is 16.3. The Morgan fingerprint density at radius 2 is 2.35 bits per heavy atom. The van der Waals surface area contributed by atoms with E-state index in [1.54, 1.807) is 6.92 Å². The van der Waals surface area contributed by atoms with Crippen molar-refractivity contribution in [3.63, 3.8) is 0 Å². The minimum atomic E-state index is -0.421. The van der Waals surface area contributed by atoms with Crippen LogP contribution in [0.3, 0.4) is 0 Å². The van der Waals surface area contributed by atoms with Gasteiger partial charge in [-0.25, -0.2) is 0 Å². The van der Waals surface area contributed by atoms with Gasteiger partial charge >= 0.3 is 0 Å². The molecule has 1 saturated carbocycles. The smallest absolute Gasteiger partial charge is 0.181 e. The average molecular weight is 295 g/mol. The van der Waals surface area contributed by atoms with E-state index in [9.17, 15) is 0 Å². The van der Waals surface area contributed by atoms with Crippen LogP contribution >= 0.6 is 15.9 Å². The second-order valence-electron chi connectivity index (χ2n) is 4.30. The van der Waals surface area contributed by atoms with Gasteiger partial charge in [-0.2, -0.15) is 5.26 Å². The summed E-state index contributed by atoms with van der Waals surface area (Å²) in [6.07, 6.45) is 2.10. The van der Waals surface area contributed by atoms with E-state index in [1.165, 1.54) is 12.8 Å². The summed E-state index contributed by atoms with van der Waals surface area (Å²) in [6.45, 7) is 2.54. The molecule has 17 heavy (non-hydrogen) atoms. The fourth-order valence-corrected chi connectivity index (χ4v) is 1.97. The minimum Gasteiger partial charge on any atom is -0.476 e. The molecule has 2 rings (SSSR count). The maximum atomic E-state index is 8.77. The second-order valence-corrected chi connectivity index (χ2v) is 5.21. The highest BCUT2D eigenvalue weighted by atomic mass is 79.9. The zero-order valence-corrected chi connectivity index (χ0v) is 11.3. The predicted molar refractivity (Wildman–Crippen MR) is 69.7 cm³/mol. The van der Waals surface area contributed by atoms with Gasteiger partial charge in [0.25, 0.3) is 0 Å². The quantitative estimate of drug-likeness (QED) is 0.908. The van der Waals surface area contributed by atoms with Crippen LogP contribution in [0.2, 0.25) is 0 Å².